The molecule has 0 fully saturated rings. The van der Waals surface area contributed by atoms with Crippen LogP contribution in [0.1, 0.15) is 24.7 Å². The SMILES string of the molecule is CC1CCc2nc3c(Br)cccn3c2C1. The summed E-state index contributed by atoms with van der Waals surface area (Å²) in [6.07, 6.45) is 5.68. The van der Waals surface area contributed by atoms with E-state index in [1.807, 2.05) is 0 Å². The van der Waals surface area contributed by atoms with Crippen molar-refractivity contribution in [3.63, 3.8) is 0 Å². The van der Waals surface area contributed by atoms with Crippen molar-refractivity contribution in [3.8, 4) is 0 Å². The van der Waals surface area contributed by atoms with Crippen molar-refractivity contribution >= 4 is 21.6 Å². The average molecular weight is 265 g/mol. The average Bonchev–Trinajstić information content (AvgIpc) is 2.58. The molecular formula is C12H13BrN2. The predicted octanol–water partition coefficient (Wildman–Crippen LogP) is 3.22. The van der Waals surface area contributed by atoms with Gasteiger partial charge in [0, 0.05) is 11.9 Å². The quantitative estimate of drug-likeness (QED) is 0.714. The molecule has 1 unspecified atom stereocenters. The fourth-order valence-electron chi connectivity index (χ4n) is 2.36. The first kappa shape index (κ1) is 9.40. The zero-order valence-corrected chi connectivity index (χ0v) is 10.3. The first-order chi connectivity index (χ1) is 7.25. The Morgan fingerprint density at radius 2 is 2.40 bits per heavy atom. The molecular weight excluding hydrogens is 252 g/mol. The Hall–Kier alpha value is -0.830. The lowest BCUT2D eigenvalue weighted by Gasteiger charge is -2.17. The van der Waals surface area contributed by atoms with Crippen LogP contribution < -0.4 is 0 Å². The van der Waals surface area contributed by atoms with E-state index < -0.39 is 0 Å². The molecule has 15 heavy (non-hydrogen) atoms. The molecule has 1 atom stereocenters. The molecule has 1 aliphatic rings. The number of aromatic nitrogens is 2. The monoisotopic (exact) mass is 264 g/mol. The molecule has 0 radical (unpaired) electrons. The standard InChI is InChI=1S/C12H13BrN2/c1-8-4-5-10-11(7-8)15-6-2-3-9(13)12(15)14-10/h2-3,6,8H,4-5,7H2,1H3. The van der Waals surface area contributed by atoms with Gasteiger partial charge in [0.15, 0.2) is 5.65 Å². The number of imidazole rings is 1. The summed E-state index contributed by atoms with van der Waals surface area (Å²) in [7, 11) is 0. The summed E-state index contributed by atoms with van der Waals surface area (Å²) < 4.78 is 3.32. The van der Waals surface area contributed by atoms with E-state index >= 15 is 0 Å². The molecule has 2 nitrogen and oxygen atoms in total. The molecule has 0 spiro atoms. The van der Waals surface area contributed by atoms with Gasteiger partial charge in [-0.15, -0.1) is 0 Å². The van der Waals surface area contributed by atoms with Gasteiger partial charge < -0.3 is 4.40 Å². The van der Waals surface area contributed by atoms with Gasteiger partial charge in [-0.05, 0) is 53.2 Å². The highest BCUT2D eigenvalue weighted by Crippen LogP contribution is 2.28. The number of nitrogens with zero attached hydrogens (tertiary/aromatic N) is 2. The van der Waals surface area contributed by atoms with Crippen molar-refractivity contribution in [1.29, 1.82) is 0 Å². The van der Waals surface area contributed by atoms with Gasteiger partial charge in [-0.1, -0.05) is 6.92 Å². The Morgan fingerprint density at radius 1 is 1.53 bits per heavy atom. The largest absolute Gasteiger partial charge is 0.303 e. The van der Waals surface area contributed by atoms with Crippen LogP contribution in [0.5, 0.6) is 0 Å². The predicted molar refractivity (Wildman–Crippen MR) is 64.1 cm³/mol. The highest BCUT2D eigenvalue weighted by molar-refractivity contribution is 9.10. The fourth-order valence-corrected chi connectivity index (χ4v) is 2.79. The number of halogens is 1. The lowest BCUT2D eigenvalue weighted by molar-refractivity contribution is 0.488. The van der Waals surface area contributed by atoms with Crippen LogP contribution in [0.15, 0.2) is 22.8 Å². The van der Waals surface area contributed by atoms with Crippen LogP contribution in [-0.2, 0) is 12.8 Å². The van der Waals surface area contributed by atoms with Gasteiger partial charge in [-0.3, -0.25) is 0 Å². The molecule has 3 rings (SSSR count). The zero-order valence-electron chi connectivity index (χ0n) is 8.70. The van der Waals surface area contributed by atoms with E-state index in [9.17, 15) is 0 Å². The van der Waals surface area contributed by atoms with Crippen LogP contribution >= 0.6 is 15.9 Å². The number of hydrogen-bond acceptors (Lipinski definition) is 1. The minimum absolute atomic E-state index is 0.788. The van der Waals surface area contributed by atoms with E-state index in [-0.39, 0.29) is 0 Å². The third kappa shape index (κ3) is 1.41. The van der Waals surface area contributed by atoms with E-state index in [1.54, 1.807) is 0 Å². The maximum absolute atomic E-state index is 4.70. The van der Waals surface area contributed by atoms with Crippen LogP contribution in [0, 0.1) is 5.92 Å². The molecule has 2 aromatic rings. The summed E-state index contributed by atoms with van der Waals surface area (Å²) in [5.74, 6) is 0.788. The maximum atomic E-state index is 4.70. The smallest absolute Gasteiger partial charge is 0.151 e. The molecule has 0 saturated carbocycles. The van der Waals surface area contributed by atoms with Gasteiger partial charge in [0.2, 0.25) is 0 Å². The zero-order chi connectivity index (χ0) is 10.4. The summed E-state index contributed by atoms with van der Waals surface area (Å²) in [6, 6.07) is 4.12. The van der Waals surface area contributed by atoms with Gasteiger partial charge in [-0.25, -0.2) is 4.98 Å². The lowest BCUT2D eigenvalue weighted by atomic mass is 9.91. The number of pyridine rings is 1. The van der Waals surface area contributed by atoms with Crippen LogP contribution in [0.3, 0.4) is 0 Å². The van der Waals surface area contributed by atoms with E-state index in [0.29, 0.717) is 0 Å². The summed E-state index contributed by atoms with van der Waals surface area (Å²) in [5, 5.41) is 0. The van der Waals surface area contributed by atoms with Gasteiger partial charge in [0.1, 0.15) is 0 Å². The molecule has 2 heterocycles. The van der Waals surface area contributed by atoms with Crippen LogP contribution in [0.25, 0.3) is 5.65 Å². The molecule has 0 aliphatic heterocycles. The van der Waals surface area contributed by atoms with Crippen molar-refractivity contribution in [3.05, 3.63) is 34.2 Å². The van der Waals surface area contributed by atoms with E-state index in [2.05, 4.69) is 45.6 Å². The number of hydrogen-bond donors (Lipinski definition) is 0. The third-order valence-electron chi connectivity index (χ3n) is 3.20. The molecule has 1 aliphatic carbocycles. The molecule has 3 heteroatoms. The van der Waals surface area contributed by atoms with Gasteiger partial charge >= 0.3 is 0 Å². The minimum atomic E-state index is 0.788. The molecule has 0 N–H and O–H groups in total. The van der Waals surface area contributed by atoms with Crippen molar-refractivity contribution < 1.29 is 0 Å². The second-order valence-corrected chi connectivity index (χ2v) is 5.26. The lowest BCUT2D eigenvalue weighted by Crippen LogP contribution is -2.12. The van der Waals surface area contributed by atoms with Gasteiger partial charge in [0.25, 0.3) is 0 Å². The third-order valence-corrected chi connectivity index (χ3v) is 3.82. The van der Waals surface area contributed by atoms with Gasteiger partial charge in [-0.2, -0.15) is 0 Å². The normalized spacial score (nSPS) is 20.5. The Kier molecular flexibility index (Phi) is 2.09. The molecule has 0 saturated heterocycles. The highest BCUT2D eigenvalue weighted by Gasteiger charge is 2.20. The van der Waals surface area contributed by atoms with Crippen LogP contribution in [0.2, 0.25) is 0 Å². The number of aryl methyl sites for hydroxylation is 1. The molecule has 0 bridgehead atoms. The molecule has 78 valence electrons. The summed E-state index contributed by atoms with van der Waals surface area (Å²) in [6.45, 7) is 2.32. The Bertz CT molecular complexity index is 516. The molecule has 0 amide bonds. The van der Waals surface area contributed by atoms with Crippen molar-refractivity contribution in [2.24, 2.45) is 5.92 Å². The second kappa shape index (κ2) is 3.34. The van der Waals surface area contributed by atoms with E-state index in [0.717, 1.165) is 28.9 Å². The van der Waals surface area contributed by atoms with Crippen molar-refractivity contribution in [2.45, 2.75) is 26.2 Å². The van der Waals surface area contributed by atoms with E-state index in [4.69, 9.17) is 4.98 Å². The fraction of sp³-hybridized carbons (Fsp3) is 0.417. The maximum Gasteiger partial charge on any atom is 0.151 e. The topological polar surface area (TPSA) is 17.3 Å². The summed E-state index contributed by atoms with van der Waals surface area (Å²) in [4.78, 5) is 4.70. The molecule has 2 aromatic heterocycles. The Labute approximate surface area is 97.5 Å². The van der Waals surface area contributed by atoms with Crippen molar-refractivity contribution in [2.75, 3.05) is 0 Å². The van der Waals surface area contributed by atoms with Gasteiger partial charge in [0.05, 0.1) is 10.2 Å². The first-order valence-electron chi connectivity index (χ1n) is 5.40. The van der Waals surface area contributed by atoms with Crippen LogP contribution in [-0.4, -0.2) is 9.38 Å². The Morgan fingerprint density at radius 3 is 3.27 bits per heavy atom. The second-order valence-electron chi connectivity index (χ2n) is 4.40. The van der Waals surface area contributed by atoms with Crippen molar-refractivity contribution in [1.82, 2.24) is 9.38 Å². The van der Waals surface area contributed by atoms with E-state index in [1.165, 1.54) is 17.8 Å². The number of fused-ring (bicyclic) bond motifs is 3. The van der Waals surface area contributed by atoms with Crippen LogP contribution in [0.4, 0.5) is 0 Å². The first-order valence-corrected chi connectivity index (χ1v) is 6.19. The number of rotatable bonds is 0. The summed E-state index contributed by atoms with van der Waals surface area (Å²) in [5.41, 5.74) is 3.77. The Balaban J connectivity index is 2.29. The minimum Gasteiger partial charge on any atom is -0.303 e. The molecule has 0 aromatic carbocycles. The summed E-state index contributed by atoms with van der Waals surface area (Å²) >= 11 is 3.55. The highest BCUT2D eigenvalue weighted by atomic mass is 79.9.